The number of benzene rings is 1. The van der Waals surface area contributed by atoms with Crippen LogP contribution in [-0.2, 0) is 20.6 Å². The van der Waals surface area contributed by atoms with E-state index in [9.17, 15) is 14.4 Å². The summed E-state index contributed by atoms with van der Waals surface area (Å²) in [5.41, 5.74) is 2.19. The van der Waals surface area contributed by atoms with Gasteiger partial charge in [-0.15, -0.1) is 0 Å². The van der Waals surface area contributed by atoms with Crippen LogP contribution in [0.5, 0.6) is 0 Å². The summed E-state index contributed by atoms with van der Waals surface area (Å²) < 4.78 is 5.50. The van der Waals surface area contributed by atoms with Crippen LogP contribution in [0.3, 0.4) is 0 Å². The molecule has 31 heavy (non-hydrogen) atoms. The summed E-state index contributed by atoms with van der Waals surface area (Å²) in [5.74, 6) is -0.231. The van der Waals surface area contributed by atoms with Crippen molar-refractivity contribution in [1.82, 2.24) is 23.3 Å². The smallest absolute Gasteiger partial charge is 0.318 e. The minimum absolute atomic E-state index is 0.0341. The minimum atomic E-state index is -0.558. The van der Waals surface area contributed by atoms with Crippen LogP contribution < -0.4 is 11.2 Å². The first-order chi connectivity index (χ1) is 14.6. The van der Waals surface area contributed by atoms with Gasteiger partial charge in [0.2, 0.25) is 5.28 Å². The Bertz CT molecular complexity index is 1470. The van der Waals surface area contributed by atoms with E-state index in [0.717, 1.165) is 21.6 Å². The second-order valence-electron chi connectivity index (χ2n) is 7.36. The topological polar surface area (TPSA) is 83.8 Å². The number of aryl methyl sites for hydroxylation is 2. The molecule has 0 fully saturated rings. The van der Waals surface area contributed by atoms with Crippen molar-refractivity contribution in [2.24, 2.45) is 14.1 Å². The normalized spacial score (nSPS) is 11.4. The van der Waals surface area contributed by atoms with Crippen molar-refractivity contribution in [1.29, 1.82) is 0 Å². The number of nitrogens with zero attached hydrogens (tertiary/aromatic N) is 5. The lowest BCUT2D eigenvalue weighted by atomic mass is 10.1. The number of ketones is 1. The zero-order chi connectivity index (χ0) is 22.6. The molecule has 0 aliphatic carbocycles. The second kappa shape index (κ2) is 7.55. The van der Waals surface area contributed by atoms with Gasteiger partial charge in [-0.1, -0.05) is 11.6 Å². The van der Waals surface area contributed by atoms with Gasteiger partial charge in [-0.2, -0.15) is 4.98 Å². The van der Waals surface area contributed by atoms with Gasteiger partial charge in [-0.05, 0) is 55.8 Å². The quantitative estimate of drug-likeness (QED) is 0.346. The van der Waals surface area contributed by atoms with Crippen LogP contribution in [-0.4, -0.2) is 29.0 Å². The van der Waals surface area contributed by atoms with E-state index >= 15 is 0 Å². The molecule has 4 rings (SSSR count). The summed E-state index contributed by atoms with van der Waals surface area (Å²) in [6, 6.07) is 9.12. The molecule has 160 valence electrons. The molecule has 3 aromatic heterocycles. The SMILES string of the molecule is Cc1cc(C(=O)Cn2c(Cl)nc3c2c(=O)n(C)c(=O)n3C)c(C)n1-c1ccc(Cl)cc1. The van der Waals surface area contributed by atoms with Crippen molar-refractivity contribution in [2.75, 3.05) is 0 Å². The third-order valence-electron chi connectivity index (χ3n) is 5.42. The lowest BCUT2D eigenvalue weighted by Gasteiger charge is -2.10. The fourth-order valence-electron chi connectivity index (χ4n) is 3.83. The van der Waals surface area contributed by atoms with Crippen molar-refractivity contribution in [3.63, 3.8) is 0 Å². The zero-order valence-corrected chi connectivity index (χ0v) is 18.8. The molecular weight excluding hydrogens is 441 g/mol. The molecule has 3 heterocycles. The molecule has 0 spiro atoms. The van der Waals surface area contributed by atoms with Gasteiger partial charge in [0.15, 0.2) is 16.9 Å². The largest absolute Gasteiger partial charge is 0.332 e. The van der Waals surface area contributed by atoms with Crippen molar-refractivity contribution in [3.8, 4) is 5.69 Å². The van der Waals surface area contributed by atoms with E-state index in [2.05, 4.69) is 4.98 Å². The average Bonchev–Trinajstić information content (AvgIpc) is 3.22. The molecule has 0 unspecified atom stereocenters. The van der Waals surface area contributed by atoms with Crippen molar-refractivity contribution >= 4 is 40.1 Å². The number of Topliss-reactive ketones (excluding diaryl/α,β-unsaturated/α-hetero) is 1. The molecule has 0 radical (unpaired) electrons. The molecule has 0 saturated heterocycles. The molecular formula is C21H19Cl2N5O3. The van der Waals surface area contributed by atoms with E-state index in [1.165, 1.54) is 23.2 Å². The summed E-state index contributed by atoms with van der Waals surface area (Å²) in [6.07, 6.45) is 0. The van der Waals surface area contributed by atoms with Crippen LogP contribution in [0.25, 0.3) is 16.9 Å². The fraction of sp³-hybridized carbons (Fsp3) is 0.238. The monoisotopic (exact) mass is 459 g/mol. The Morgan fingerprint density at radius 1 is 1.03 bits per heavy atom. The lowest BCUT2D eigenvalue weighted by molar-refractivity contribution is 0.0972. The molecule has 0 saturated carbocycles. The number of hydrogen-bond acceptors (Lipinski definition) is 4. The third kappa shape index (κ3) is 3.32. The predicted octanol–water partition coefficient (Wildman–Crippen LogP) is 3.03. The van der Waals surface area contributed by atoms with E-state index in [1.54, 1.807) is 18.2 Å². The van der Waals surface area contributed by atoms with E-state index in [4.69, 9.17) is 23.2 Å². The van der Waals surface area contributed by atoms with Crippen LogP contribution in [0, 0.1) is 13.8 Å². The Morgan fingerprint density at radius 2 is 1.68 bits per heavy atom. The van der Waals surface area contributed by atoms with Crippen molar-refractivity contribution < 1.29 is 4.79 Å². The average molecular weight is 460 g/mol. The predicted molar refractivity (Wildman–Crippen MR) is 120 cm³/mol. The molecule has 0 aliphatic rings. The molecule has 0 bridgehead atoms. The number of carbonyl (C=O) groups excluding carboxylic acids is 1. The van der Waals surface area contributed by atoms with Gasteiger partial charge >= 0.3 is 5.69 Å². The van der Waals surface area contributed by atoms with Gasteiger partial charge in [-0.3, -0.25) is 18.7 Å². The zero-order valence-electron chi connectivity index (χ0n) is 17.3. The molecule has 0 aliphatic heterocycles. The number of halogens is 2. The summed E-state index contributed by atoms with van der Waals surface area (Å²) in [7, 11) is 2.87. The number of fused-ring (bicyclic) bond motifs is 1. The van der Waals surface area contributed by atoms with Crippen LogP contribution in [0.15, 0.2) is 39.9 Å². The van der Waals surface area contributed by atoms with Gasteiger partial charge in [0.05, 0.1) is 6.54 Å². The third-order valence-corrected chi connectivity index (χ3v) is 5.96. The van der Waals surface area contributed by atoms with Gasteiger partial charge in [0.1, 0.15) is 0 Å². The molecule has 4 aromatic rings. The van der Waals surface area contributed by atoms with Gasteiger partial charge < -0.3 is 9.13 Å². The highest BCUT2D eigenvalue weighted by Gasteiger charge is 2.22. The highest BCUT2D eigenvalue weighted by molar-refractivity contribution is 6.30. The molecule has 0 atom stereocenters. The maximum absolute atomic E-state index is 13.2. The van der Waals surface area contributed by atoms with Crippen molar-refractivity contribution in [3.05, 3.63) is 78.4 Å². The summed E-state index contributed by atoms with van der Waals surface area (Å²) in [5, 5.41) is 0.591. The van der Waals surface area contributed by atoms with Crippen LogP contribution in [0.1, 0.15) is 21.7 Å². The van der Waals surface area contributed by atoms with E-state index in [0.29, 0.717) is 10.6 Å². The van der Waals surface area contributed by atoms with Gasteiger partial charge in [0.25, 0.3) is 5.56 Å². The number of rotatable bonds is 4. The number of hydrogen-bond donors (Lipinski definition) is 0. The molecule has 0 amide bonds. The minimum Gasteiger partial charge on any atom is -0.318 e. The number of carbonyl (C=O) groups is 1. The Hall–Kier alpha value is -3.10. The molecule has 1 aromatic carbocycles. The van der Waals surface area contributed by atoms with E-state index in [-0.39, 0.29) is 28.8 Å². The van der Waals surface area contributed by atoms with Crippen LogP contribution >= 0.6 is 23.2 Å². The highest BCUT2D eigenvalue weighted by Crippen LogP contribution is 2.24. The highest BCUT2D eigenvalue weighted by atomic mass is 35.5. The molecule has 0 N–H and O–H groups in total. The first-order valence-electron chi connectivity index (χ1n) is 9.41. The first kappa shape index (κ1) is 21.1. The Balaban J connectivity index is 1.80. The molecule has 8 nitrogen and oxygen atoms in total. The van der Waals surface area contributed by atoms with Crippen LogP contribution in [0.4, 0.5) is 0 Å². The van der Waals surface area contributed by atoms with Gasteiger partial charge in [0, 0.05) is 41.8 Å². The second-order valence-corrected chi connectivity index (χ2v) is 8.14. The summed E-state index contributed by atoms with van der Waals surface area (Å²) >= 11 is 12.2. The molecule has 10 heteroatoms. The maximum atomic E-state index is 13.2. The Labute approximate surface area is 186 Å². The number of aromatic nitrogens is 5. The lowest BCUT2D eigenvalue weighted by Crippen LogP contribution is -2.37. The standard InChI is InChI=1S/C21H19Cl2N5O3/c1-11-9-15(12(2)28(11)14-7-5-13(22)6-8-14)16(29)10-27-17-18(24-20(27)23)25(3)21(31)26(4)19(17)30/h5-9H,10H2,1-4H3. The van der Waals surface area contributed by atoms with Crippen molar-refractivity contribution in [2.45, 2.75) is 20.4 Å². The van der Waals surface area contributed by atoms with Crippen LogP contribution in [0.2, 0.25) is 10.3 Å². The summed E-state index contributed by atoms with van der Waals surface area (Å²) in [4.78, 5) is 42.2. The first-order valence-corrected chi connectivity index (χ1v) is 10.2. The van der Waals surface area contributed by atoms with E-state index in [1.807, 2.05) is 30.5 Å². The fourth-order valence-corrected chi connectivity index (χ4v) is 4.18. The Kier molecular flexibility index (Phi) is 5.15. The summed E-state index contributed by atoms with van der Waals surface area (Å²) in [6.45, 7) is 3.57. The van der Waals surface area contributed by atoms with E-state index < -0.39 is 11.2 Å². The van der Waals surface area contributed by atoms with Gasteiger partial charge in [-0.25, -0.2) is 4.79 Å². The Morgan fingerprint density at radius 3 is 2.32 bits per heavy atom. The maximum Gasteiger partial charge on any atom is 0.332 e. The number of imidazole rings is 1.